The molecule has 0 unspecified atom stereocenters. The standard InChI is InChI=1S/C20H20BrN3OS2/c1-25-11-10-22-20-24(23-13-15-6-8-18(26-2)9-7-15)19(14-27-20)16-4-3-5-17(21)12-16/h3-9,12-14H,10-11H2,1-2H3/b22-20?,23-13+. The molecule has 0 saturated heterocycles. The minimum atomic E-state index is 0.587. The van der Waals surface area contributed by atoms with Gasteiger partial charge in [-0.2, -0.15) is 5.10 Å². The first-order valence-electron chi connectivity index (χ1n) is 8.35. The van der Waals surface area contributed by atoms with Crippen LogP contribution in [0.4, 0.5) is 0 Å². The molecule has 1 aromatic heterocycles. The molecule has 0 saturated carbocycles. The highest BCUT2D eigenvalue weighted by Gasteiger charge is 2.08. The van der Waals surface area contributed by atoms with Crippen LogP contribution < -0.4 is 4.80 Å². The minimum Gasteiger partial charge on any atom is -0.383 e. The van der Waals surface area contributed by atoms with Crippen LogP contribution in [0, 0.1) is 0 Å². The number of thiazole rings is 1. The van der Waals surface area contributed by atoms with Crippen molar-refractivity contribution < 1.29 is 4.74 Å². The summed E-state index contributed by atoms with van der Waals surface area (Å²) in [7, 11) is 1.68. The van der Waals surface area contributed by atoms with Gasteiger partial charge in [-0.3, -0.25) is 4.99 Å². The number of hydrogen-bond acceptors (Lipinski definition) is 5. The van der Waals surface area contributed by atoms with E-state index in [-0.39, 0.29) is 0 Å². The van der Waals surface area contributed by atoms with Crippen LogP contribution >= 0.6 is 39.0 Å². The molecule has 1 heterocycles. The molecule has 0 aliphatic heterocycles. The van der Waals surface area contributed by atoms with Crippen molar-refractivity contribution in [1.29, 1.82) is 0 Å². The van der Waals surface area contributed by atoms with Crippen LogP contribution in [0.1, 0.15) is 5.56 Å². The third kappa shape index (κ3) is 5.42. The third-order valence-electron chi connectivity index (χ3n) is 3.79. The smallest absolute Gasteiger partial charge is 0.206 e. The maximum Gasteiger partial charge on any atom is 0.206 e. The second kappa shape index (κ2) is 10.0. The van der Waals surface area contributed by atoms with Gasteiger partial charge in [0.25, 0.3) is 0 Å². The van der Waals surface area contributed by atoms with Gasteiger partial charge < -0.3 is 4.74 Å². The average Bonchev–Trinajstić information content (AvgIpc) is 3.10. The molecule has 0 aliphatic rings. The third-order valence-corrected chi connectivity index (χ3v) is 5.88. The molecule has 0 aliphatic carbocycles. The molecule has 7 heteroatoms. The Labute approximate surface area is 175 Å². The second-order valence-electron chi connectivity index (χ2n) is 5.62. The molecule has 0 radical (unpaired) electrons. The van der Waals surface area contributed by atoms with Crippen LogP contribution in [0.3, 0.4) is 0 Å². The van der Waals surface area contributed by atoms with E-state index in [2.05, 4.69) is 69.0 Å². The van der Waals surface area contributed by atoms with Gasteiger partial charge in [0.15, 0.2) is 0 Å². The summed E-state index contributed by atoms with van der Waals surface area (Å²) in [5.41, 5.74) is 3.15. The van der Waals surface area contributed by atoms with E-state index in [0.29, 0.717) is 13.2 Å². The Morgan fingerprint density at radius 3 is 2.74 bits per heavy atom. The fourth-order valence-electron chi connectivity index (χ4n) is 2.41. The van der Waals surface area contributed by atoms with Crippen LogP contribution in [0.25, 0.3) is 11.3 Å². The quantitative estimate of drug-likeness (QED) is 0.277. The second-order valence-corrected chi connectivity index (χ2v) is 8.25. The van der Waals surface area contributed by atoms with E-state index in [1.165, 1.54) is 4.90 Å². The zero-order chi connectivity index (χ0) is 19.1. The molecule has 3 aromatic rings. The summed E-state index contributed by atoms with van der Waals surface area (Å²) < 4.78 is 8.04. The molecule has 3 rings (SSSR count). The van der Waals surface area contributed by atoms with E-state index in [1.807, 2.05) is 23.0 Å². The fraction of sp³-hybridized carbons (Fsp3) is 0.200. The van der Waals surface area contributed by atoms with Crippen molar-refractivity contribution in [2.45, 2.75) is 4.90 Å². The van der Waals surface area contributed by atoms with E-state index in [0.717, 1.165) is 26.1 Å². The number of benzene rings is 2. The number of nitrogens with zero attached hydrogens (tertiary/aromatic N) is 3. The topological polar surface area (TPSA) is 38.9 Å². The van der Waals surface area contributed by atoms with Crippen molar-refractivity contribution in [3.05, 3.63) is 68.7 Å². The van der Waals surface area contributed by atoms with E-state index < -0.39 is 0 Å². The van der Waals surface area contributed by atoms with Crippen molar-refractivity contribution >= 4 is 45.2 Å². The van der Waals surface area contributed by atoms with Crippen molar-refractivity contribution in [3.8, 4) is 11.3 Å². The summed E-state index contributed by atoms with van der Waals surface area (Å²) in [6, 6.07) is 16.5. The maximum atomic E-state index is 5.12. The zero-order valence-electron chi connectivity index (χ0n) is 15.1. The molecule has 2 aromatic carbocycles. The monoisotopic (exact) mass is 461 g/mol. The SMILES string of the molecule is COCCN=c1scc(-c2cccc(Br)c2)n1/N=C/c1ccc(SC)cc1. The highest BCUT2D eigenvalue weighted by molar-refractivity contribution is 9.10. The van der Waals surface area contributed by atoms with Crippen LogP contribution in [0.2, 0.25) is 0 Å². The van der Waals surface area contributed by atoms with Crippen molar-refractivity contribution in [2.75, 3.05) is 26.5 Å². The lowest BCUT2D eigenvalue weighted by Crippen LogP contribution is -2.13. The lowest BCUT2D eigenvalue weighted by molar-refractivity contribution is 0.207. The Morgan fingerprint density at radius 1 is 1.22 bits per heavy atom. The normalized spacial score (nSPS) is 12.2. The first-order chi connectivity index (χ1) is 13.2. The molecule has 0 amide bonds. The van der Waals surface area contributed by atoms with Gasteiger partial charge in [0.05, 0.1) is 25.1 Å². The Kier molecular flexibility index (Phi) is 7.46. The largest absolute Gasteiger partial charge is 0.383 e. The predicted molar refractivity (Wildman–Crippen MR) is 119 cm³/mol. The van der Waals surface area contributed by atoms with Crippen molar-refractivity contribution in [3.63, 3.8) is 0 Å². The number of methoxy groups -OCH3 is 1. The predicted octanol–water partition coefficient (Wildman–Crippen LogP) is 5.13. The van der Waals surface area contributed by atoms with Crippen LogP contribution in [0.5, 0.6) is 0 Å². The zero-order valence-corrected chi connectivity index (χ0v) is 18.4. The maximum absolute atomic E-state index is 5.12. The van der Waals surface area contributed by atoms with E-state index in [9.17, 15) is 0 Å². The molecule has 0 atom stereocenters. The van der Waals surface area contributed by atoms with Gasteiger partial charge in [-0.05, 0) is 36.1 Å². The van der Waals surface area contributed by atoms with E-state index >= 15 is 0 Å². The van der Waals surface area contributed by atoms with Crippen LogP contribution in [0.15, 0.2) is 73.4 Å². The van der Waals surface area contributed by atoms with Gasteiger partial charge in [-0.15, -0.1) is 23.1 Å². The molecule has 0 N–H and O–H groups in total. The number of hydrogen-bond donors (Lipinski definition) is 0. The van der Waals surface area contributed by atoms with Crippen LogP contribution in [-0.2, 0) is 4.74 Å². The summed E-state index contributed by atoms with van der Waals surface area (Å²) in [5, 5.41) is 6.81. The molecule has 4 nitrogen and oxygen atoms in total. The number of thioether (sulfide) groups is 1. The first-order valence-corrected chi connectivity index (χ1v) is 11.3. The molecule has 27 heavy (non-hydrogen) atoms. The first kappa shape index (κ1) is 20.1. The summed E-state index contributed by atoms with van der Waals surface area (Å²) in [6.45, 7) is 1.19. The molecule has 0 spiro atoms. The molecule has 0 bridgehead atoms. The Bertz CT molecular complexity index is 977. The molecule has 0 fully saturated rings. The number of rotatable bonds is 7. The molecular weight excluding hydrogens is 442 g/mol. The van der Waals surface area contributed by atoms with E-state index in [4.69, 9.17) is 9.84 Å². The van der Waals surface area contributed by atoms with Crippen molar-refractivity contribution in [1.82, 2.24) is 4.68 Å². The summed E-state index contributed by atoms with van der Waals surface area (Å²) in [5.74, 6) is 0. The number of halogens is 1. The Hall–Kier alpha value is -1.67. The van der Waals surface area contributed by atoms with Gasteiger partial charge in [0.2, 0.25) is 4.80 Å². The number of aromatic nitrogens is 1. The Morgan fingerprint density at radius 2 is 2.04 bits per heavy atom. The fourth-order valence-corrected chi connectivity index (χ4v) is 4.08. The summed E-state index contributed by atoms with van der Waals surface area (Å²) in [4.78, 5) is 6.71. The average molecular weight is 462 g/mol. The van der Waals surface area contributed by atoms with Gasteiger partial charge in [0, 0.05) is 27.4 Å². The lowest BCUT2D eigenvalue weighted by atomic mass is 10.2. The van der Waals surface area contributed by atoms with E-state index in [1.54, 1.807) is 30.2 Å². The number of ether oxygens (including phenoxy) is 1. The van der Waals surface area contributed by atoms with Gasteiger partial charge in [0.1, 0.15) is 0 Å². The van der Waals surface area contributed by atoms with Crippen LogP contribution in [-0.4, -0.2) is 37.4 Å². The van der Waals surface area contributed by atoms with Gasteiger partial charge in [-0.25, -0.2) is 4.68 Å². The minimum absolute atomic E-state index is 0.587. The van der Waals surface area contributed by atoms with Crippen molar-refractivity contribution in [2.24, 2.45) is 10.1 Å². The molecule has 140 valence electrons. The summed E-state index contributed by atoms with van der Waals surface area (Å²) >= 11 is 6.85. The highest BCUT2D eigenvalue weighted by Crippen LogP contribution is 2.23. The summed E-state index contributed by atoms with van der Waals surface area (Å²) in [6.07, 6.45) is 3.94. The lowest BCUT2D eigenvalue weighted by Gasteiger charge is -2.04. The Balaban J connectivity index is 2.00. The molecular formula is C20H20BrN3OS2. The highest BCUT2D eigenvalue weighted by atomic mass is 79.9. The van der Waals surface area contributed by atoms with Gasteiger partial charge in [-0.1, -0.05) is 40.2 Å². The van der Waals surface area contributed by atoms with Gasteiger partial charge >= 0.3 is 0 Å².